The molecule has 0 heterocycles. The van der Waals surface area contributed by atoms with E-state index in [0.29, 0.717) is 11.1 Å². The summed E-state index contributed by atoms with van der Waals surface area (Å²) in [5, 5.41) is 12.9. The van der Waals surface area contributed by atoms with Crippen LogP contribution in [0.4, 0.5) is 0 Å². The molecule has 29 heavy (non-hydrogen) atoms. The van der Waals surface area contributed by atoms with E-state index in [1.807, 2.05) is 78.9 Å². The molecule has 0 bridgehead atoms. The lowest BCUT2D eigenvalue weighted by Gasteiger charge is -2.28. The van der Waals surface area contributed by atoms with E-state index in [1.54, 1.807) is 12.1 Å². The number of carbonyl (C=O) groups is 1. The second kappa shape index (κ2) is 8.86. The molecule has 4 aromatic carbocycles. The molecule has 0 aliphatic rings. The normalized spacial score (nSPS) is 11.9. The number of rotatable bonds is 6. The van der Waals surface area contributed by atoms with E-state index in [-0.39, 0.29) is 11.5 Å². The minimum absolute atomic E-state index is 0.0194. The fourth-order valence-electron chi connectivity index (χ4n) is 3.50. The van der Waals surface area contributed by atoms with Crippen molar-refractivity contribution < 1.29 is 9.90 Å². The van der Waals surface area contributed by atoms with Crippen molar-refractivity contribution in [3.63, 3.8) is 0 Å². The Balaban J connectivity index is 1.94. The van der Waals surface area contributed by atoms with Gasteiger partial charge in [-0.25, -0.2) is 0 Å². The minimum Gasteiger partial charge on any atom is -0.508 e. The van der Waals surface area contributed by atoms with Gasteiger partial charge in [0.1, 0.15) is 5.75 Å². The molecule has 3 heteroatoms. The highest BCUT2D eigenvalue weighted by Gasteiger charge is 2.34. The molecule has 4 rings (SSSR count). The van der Waals surface area contributed by atoms with E-state index in [1.165, 1.54) is 0 Å². The van der Waals surface area contributed by atoms with Gasteiger partial charge >= 0.3 is 0 Å². The second-order valence-corrected chi connectivity index (χ2v) is 9.02. The predicted molar refractivity (Wildman–Crippen MR) is 121 cm³/mol. The Kier molecular flexibility index (Phi) is 5.84. The summed E-state index contributed by atoms with van der Waals surface area (Å²) in [7, 11) is -1.08. The largest absolute Gasteiger partial charge is 0.508 e. The maximum Gasteiger partial charge on any atom is 0.175 e. The van der Waals surface area contributed by atoms with Gasteiger partial charge in [0.2, 0.25) is 0 Å². The molecule has 0 radical (unpaired) electrons. The third kappa shape index (κ3) is 4.13. The second-order valence-electron chi connectivity index (χ2n) is 6.73. The van der Waals surface area contributed by atoms with E-state index in [0.717, 1.165) is 10.6 Å². The number of benzene rings is 4. The average molecular weight is 396 g/mol. The molecule has 0 amide bonds. The zero-order chi connectivity index (χ0) is 20.1. The van der Waals surface area contributed by atoms with E-state index in [2.05, 4.69) is 24.3 Å². The van der Waals surface area contributed by atoms with Gasteiger partial charge in [0.25, 0.3) is 0 Å². The predicted octanol–water partition coefficient (Wildman–Crippen LogP) is 5.45. The van der Waals surface area contributed by atoms with Crippen LogP contribution in [0.3, 0.4) is 0 Å². The van der Waals surface area contributed by atoms with Crippen molar-refractivity contribution in [2.24, 2.45) is 0 Å². The molecule has 0 aliphatic carbocycles. The van der Waals surface area contributed by atoms with Gasteiger partial charge in [-0.2, -0.15) is 0 Å². The first-order valence-electron chi connectivity index (χ1n) is 9.52. The number of hydrogen-bond donors (Lipinski definition) is 1. The Bertz CT molecular complexity index is 1040. The first-order chi connectivity index (χ1) is 14.3. The third-order valence-electron chi connectivity index (χ3n) is 4.86. The van der Waals surface area contributed by atoms with Crippen LogP contribution in [0.2, 0.25) is 0 Å². The summed E-state index contributed by atoms with van der Waals surface area (Å²) in [5.41, 5.74) is 0.832. The number of carbonyl (C=O) groups excluding carboxylic acids is 1. The number of para-hydroxylation sites is 1. The van der Waals surface area contributed by atoms with E-state index < -0.39 is 13.6 Å². The highest BCUT2D eigenvalue weighted by atomic mass is 31.1. The molecule has 0 spiro atoms. The summed E-state index contributed by atoms with van der Waals surface area (Å²) in [4.78, 5) is 13.8. The lowest BCUT2D eigenvalue weighted by atomic mass is 10.0. The van der Waals surface area contributed by atoms with Crippen molar-refractivity contribution in [2.75, 3.05) is 0 Å². The maximum atomic E-state index is 13.8. The SMILES string of the molecule is O=C(c1ccccc1)C(c1ccccc1O)P(c1ccccc1)c1ccccc1. The molecular formula is C26H21O2P. The van der Waals surface area contributed by atoms with Crippen LogP contribution in [0.15, 0.2) is 115 Å². The topological polar surface area (TPSA) is 37.3 Å². The lowest BCUT2D eigenvalue weighted by molar-refractivity contribution is 0.0987. The van der Waals surface area contributed by atoms with Gasteiger partial charge in [-0.1, -0.05) is 109 Å². The smallest absolute Gasteiger partial charge is 0.175 e. The van der Waals surface area contributed by atoms with Crippen molar-refractivity contribution in [3.05, 3.63) is 126 Å². The molecule has 0 saturated carbocycles. The quantitative estimate of drug-likeness (QED) is 0.348. The zero-order valence-corrected chi connectivity index (χ0v) is 16.7. The minimum atomic E-state index is -1.08. The summed E-state index contributed by atoms with van der Waals surface area (Å²) in [6, 6.07) is 36.8. The number of phenolic OH excluding ortho intramolecular Hbond substituents is 1. The Hall–Kier alpha value is -3.22. The van der Waals surface area contributed by atoms with Crippen molar-refractivity contribution in [1.29, 1.82) is 0 Å². The Morgan fingerprint density at radius 3 is 1.59 bits per heavy atom. The molecule has 0 aromatic heterocycles. The first-order valence-corrected chi connectivity index (χ1v) is 10.9. The van der Waals surface area contributed by atoms with E-state index >= 15 is 0 Å². The van der Waals surface area contributed by atoms with Crippen LogP contribution in [0.1, 0.15) is 21.6 Å². The lowest BCUT2D eigenvalue weighted by Crippen LogP contribution is -2.23. The van der Waals surface area contributed by atoms with Crippen molar-refractivity contribution in [1.82, 2.24) is 0 Å². The molecule has 142 valence electrons. The van der Waals surface area contributed by atoms with E-state index in [4.69, 9.17) is 0 Å². The molecular weight excluding hydrogens is 375 g/mol. The fourth-order valence-corrected chi connectivity index (χ4v) is 6.26. The molecule has 1 N–H and O–H groups in total. The molecule has 0 aliphatic heterocycles. The Morgan fingerprint density at radius 1 is 0.621 bits per heavy atom. The molecule has 4 aromatic rings. The van der Waals surface area contributed by atoms with Gasteiger partial charge in [0.05, 0.1) is 5.66 Å². The summed E-state index contributed by atoms with van der Waals surface area (Å²) in [6.45, 7) is 0. The van der Waals surface area contributed by atoms with Gasteiger partial charge in [-0.15, -0.1) is 0 Å². The highest BCUT2D eigenvalue weighted by Crippen LogP contribution is 2.52. The summed E-state index contributed by atoms with van der Waals surface area (Å²) in [6.07, 6.45) is 0. The van der Waals surface area contributed by atoms with Gasteiger partial charge in [0.15, 0.2) is 5.78 Å². The van der Waals surface area contributed by atoms with Crippen LogP contribution < -0.4 is 10.6 Å². The summed E-state index contributed by atoms with van der Waals surface area (Å²) >= 11 is 0. The van der Waals surface area contributed by atoms with Gasteiger partial charge in [0, 0.05) is 11.1 Å². The van der Waals surface area contributed by atoms with Crippen LogP contribution in [-0.4, -0.2) is 10.9 Å². The molecule has 1 atom stereocenters. The van der Waals surface area contributed by atoms with Gasteiger partial charge < -0.3 is 5.11 Å². The van der Waals surface area contributed by atoms with E-state index in [9.17, 15) is 9.90 Å². The fraction of sp³-hybridized carbons (Fsp3) is 0.0385. The monoisotopic (exact) mass is 396 g/mol. The molecule has 2 nitrogen and oxygen atoms in total. The summed E-state index contributed by atoms with van der Waals surface area (Å²) in [5.74, 6) is 0.173. The van der Waals surface area contributed by atoms with Crippen LogP contribution in [0.25, 0.3) is 0 Å². The Morgan fingerprint density at radius 2 is 1.07 bits per heavy atom. The average Bonchev–Trinajstić information content (AvgIpc) is 2.79. The molecule has 0 fully saturated rings. The Labute approximate surface area is 172 Å². The van der Waals surface area contributed by atoms with Crippen LogP contribution in [-0.2, 0) is 0 Å². The first kappa shape index (κ1) is 19.1. The highest BCUT2D eigenvalue weighted by molar-refractivity contribution is 7.74. The number of hydrogen-bond acceptors (Lipinski definition) is 2. The number of Topliss-reactive ketones (excluding diaryl/α,β-unsaturated/α-hetero) is 1. The molecule has 0 saturated heterocycles. The van der Waals surface area contributed by atoms with Crippen molar-refractivity contribution in [3.8, 4) is 5.75 Å². The summed E-state index contributed by atoms with van der Waals surface area (Å²) < 4.78 is 0. The van der Waals surface area contributed by atoms with Gasteiger partial charge in [-0.3, -0.25) is 4.79 Å². The zero-order valence-electron chi connectivity index (χ0n) is 15.8. The van der Waals surface area contributed by atoms with Crippen LogP contribution in [0.5, 0.6) is 5.75 Å². The molecule has 1 unspecified atom stereocenters. The standard InChI is InChI=1S/C26H21O2P/c27-24-19-11-10-18-23(24)26(25(28)20-12-4-1-5-13-20)29(21-14-6-2-7-15-21)22-16-8-3-9-17-22/h1-19,26-27H. The van der Waals surface area contributed by atoms with Crippen LogP contribution in [0, 0.1) is 0 Å². The maximum absolute atomic E-state index is 13.8. The van der Waals surface area contributed by atoms with Crippen LogP contribution >= 0.6 is 7.92 Å². The van der Waals surface area contributed by atoms with Crippen molar-refractivity contribution >= 4 is 24.3 Å². The van der Waals surface area contributed by atoms with Gasteiger partial charge in [-0.05, 0) is 24.6 Å². The third-order valence-corrected chi connectivity index (χ3v) is 7.60. The number of ketones is 1. The van der Waals surface area contributed by atoms with Crippen molar-refractivity contribution in [2.45, 2.75) is 5.66 Å². The number of phenols is 1. The number of aromatic hydroxyl groups is 1.